The van der Waals surface area contributed by atoms with Gasteiger partial charge in [-0.1, -0.05) is 12.1 Å². The Morgan fingerprint density at radius 3 is 2.48 bits per heavy atom. The average Bonchev–Trinajstić information content (AvgIpc) is 2.59. The van der Waals surface area contributed by atoms with Crippen molar-refractivity contribution >= 4 is 17.6 Å². The van der Waals surface area contributed by atoms with Gasteiger partial charge < -0.3 is 34.8 Å². The van der Waals surface area contributed by atoms with E-state index in [1.54, 1.807) is 18.2 Å². The number of ether oxygens (including phenoxy) is 3. The van der Waals surface area contributed by atoms with E-state index in [1.165, 1.54) is 20.1 Å². The van der Waals surface area contributed by atoms with Gasteiger partial charge in [0, 0.05) is 14.0 Å². The molecule has 0 radical (unpaired) electrons. The molecule has 25 heavy (non-hydrogen) atoms. The van der Waals surface area contributed by atoms with E-state index >= 15 is 0 Å². The van der Waals surface area contributed by atoms with Gasteiger partial charge in [0.25, 0.3) is 0 Å². The number of benzene rings is 1. The second-order valence-corrected chi connectivity index (χ2v) is 5.58. The first kappa shape index (κ1) is 19.3. The molecule has 1 aliphatic heterocycles. The number of nitrogens with one attached hydrogen (secondary N) is 1. The molecule has 1 aliphatic rings. The lowest BCUT2D eigenvalue weighted by molar-refractivity contribution is -0.294. The van der Waals surface area contributed by atoms with Gasteiger partial charge in [-0.15, -0.1) is 0 Å². The van der Waals surface area contributed by atoms with Gasteiger partial charge in [0.15, 0.2) is 6.29 Å². The highest BCUT2D eigenvalue weighted by molar-refractivity contribution is 6.00. The molecule has 2 rings (SSSR count). The average molecular weight is 355 g/mol. The van der Waals surface area contributed by atoms with Crippen LogP contribution in [0.5, 0.6) is 0 Å². The Morgan fingerprint density at radius 1 is 1.16 bits per heavy atom. The third-order valence-corrected chi connectivity index (χ3v) is 3.74. The van der Waals surface area contributed by atoms with Crippen LogP contribution in [0.25, 0.3) is 0 Å². The van der Waals surface area contributed by atoms with E-state index in [0.29, 0.717) is 0 Å². The molecule has 138 valence electrons. The highest BCUT2D eigenvalue weighted by Gasteiger charge is 2.44. The lowest BCUT2D eigenvalue weighted by Gasteiger charge is -2.39. The normalized spacial score (nSPS) is 29.1. The molecule has 1 saturated heterocycles. The Morgan fingerprint density at radius 2 is 1.84 bits per heavy atom. The maximum Gasteiger partial charge on any atom is 0.340 e. The Bertz CT molecular complexity index is 620. The molecule has 0 aliphatic carbocycles. The summed E-state index contributed by atoms with van der Waals surface area (Å²) in [6, 6.07) is 6.28. The fourth-order valence-electron chi connectivity index (χ4n) is 2.44. The van der Waals surface area contributed by atoms with Gasteiger partial charge in [-0.3, -0.25) is 4.79 Å². The summed E-state index contributed by atoms with van der Waals surface area (Å²) in [5.41, 5.74) is 0.419. The van der Waals surface area contributed by atoms with Gasteiger partial charge in [-0.25, -0.2) is 4.79 Å². The second-order valence-electron chi connectivity index (χ2n) is 5.58. The number of rotatable bonds is 5. The molecule has 5 atom stereocenters. The van der Waals surface area contributed by atoms with E-state index in [0.717, 1.165) is 0 Å². The Labute approximate surface area is 144 Å². The van der Waals surface area contributed by atoms with Gasteiger partial charge in [0.1, 0.15) is 31.0 Å². The zero-order valence-electron chi connectivity index (χ0n) is 13.8. The Hall–Kier alpha value is -2.04. The molecule has 1 amide bonds. The maximum absolute atomic E-state index is 12.2. The number of hydrogen-bond acceptors (Lipinski definition) is 8. The van der Waals surface area contributed by atoms with Crippen molar-refractivity contribution in [3.05, 3.63) is 29.8 Å². The predicted molar refractivity (Wildman–Crippen MR) is 84.7 cm³/mol. The number of anilines is 1. The topological polar surface area (TPSA) is 135 Å². The van der Waals surface area contributed by atoms with Crippen molar-refractivity contribution in [2.24, 2.45) is 0 Å². The zero-order valence-corrected chi connectivity index (χ0v) is 13.8. The van der Waals surface area contributed by atoms with Crippen LogP contribution in [0.4, 0.5) is 5.69 Å². The number of aliphatic hydroxyl groups is 3. The first-order chi connectivity index (χ1) is 11.8. The minimum Gasteiger partial charge on any atom is -0.459 e. The summed E-state index contributed by atoms with van der Waals surface area (Å²) in [7, 11) is 1.27. The number of methoxy groups -OCH3 is 1. The molecule has 1 aromatic rings. The van der Waals surface area contributed by atoms with Crippen LogP contribution in [0, 0.1) is 0 Å². The molecule has 1 heterocycles. The first-order valence-electron chi connectivity index (χ1n) is 7.61. The molecule has 0 aromatic heterocycles. The standard InChI is InChI=1S/C16H21NO8/c1-8(18)17-10-6-4-3-5-9(10)15(22)24-7-11-12(19)13(20)14(21)16(23-2)25-11/h3-6,11-14,16,19-21H,7H2,1-2H3,(H,17,18)/t11-,12-,13+,14-,16+/m1/s1. The van der Waals surface area contributed by atoms with Crippen molar-refractivity contribution in [3.8, 4) is 0 Å². The summed E-state index contributed by atoms with van der Waals surface area (Å²) in [6.07, 6.45) is -6.63. The minimum absolute atomic E-state index is 0.131. The number of amides is 1. The van der Waals surface area contributed by atoms with Crippen LogP contribution in [-0.2, 0) is 19.0 Å². The fourth-order valence-corrected chi connectivity index (χ4v) is 2.44. The third kappa shape index (κ3) is 4.53. The van der Waals surface area contributed by atoms with Gasteiger partial charge in [-0.2, -0.15) is 0 Å². The summed E-state index contributed by atoms with van der Waals surface area (Å²) in [5, 5.41) is 31.9. The molecule has 9 heteroatoms. The lowest BCUT2D eigenvalue weighted by atomic mass is 9.99. The second kappa shape index (κ2) is 8.37. The molecule has 0 spiro atoms. The molecule has 9 nitrogen and oxygen atoms in total. The van der Waals surface area contributed by atoms with E-state index in [4.69, 9.17) is 14.2 Å². The highest BCUT2D eigenvalue weighted by Crippen LogP contribution is 2.23. The highest BCUT2D eigenvalue weighted by atomic mass is 16.7. The summed E-state index contributed by atoms with van der Waals surface area (Å²) in [5.74, 6) is -1.08. The van der Waals surface area contributed by atoms with E-state index in [2.05, 4.69) is 5.32 Å². The number of esters is 1. The smallest absolute Gasteiger partial charge is 0.340 e. The molecule has 1 fully saturated rings. The minimum atomic E-state index is -1.51. The van der Waals surface area contributed by atoms with Gasteiger partial charge in [0.2, 0.25) is 5.91 Å². The number of para-hydroxylation sites is 1. The van der Waals surface area contributed by atoms with Crippen LogP contribution >= 0.6 is 0 Å². The zero-order chi connectivity index (χ0) is 18.6. The van der Waals surface area contributed by atoms with Gasteiger partial charge in [-0.05, 0) is 12.1 Å². The predicted octanol–water partition coefficient (Wildman–Crippen LogP) is -0.744. The SMILES string of the molecule is CO[C@H]1O[C@H](COC(=O)c2ccccc2NC(C)=O)[C@@H](O)[C@H](O)[C@H]1O. The van der Waals surface area contributed by atoms with Crippen molar-refractivity contribution in [2.75, 3.05) is 19.0 Å². The van der Waals surface area contributed by atoms with Crippen molar-refractivity contribution in [3.63, 3.8) is 0 Å². The third-order valence-electron chi connectivity index (χ3n) is 3.74. The molecular weight excluding hydrogens is 334 g/mol. The summed E-state index contributed by atoms with van der Waals surface area (Å²) in [4.78, 5) is 23.4. The first-order valence-corrected chi connectivity index (χ1v) is 7.61. The van der Waals surface area contributed by atoms with E-state index < -0.39 is 36.7 Å². The number of carbonyl (C=O) groups is 2. The van der Waals surface area contributed by atoms with Gasteiger partial charge in [0.05, 0.1) is 11.3 Å². The Kier molecular flexibility index (Phi) is 6.45. The van der Waals surface area contributed by atoms with Crippen LogP contribution < -0.4 is 5.32 Å². The van der Waals surface area contributed by atoms with Crippen LogP contribution in [0.15, 0.2) is 24.3 Å². The van der Waals surface area contributed by atoms with Crippen molar-refractivity contribution in [1.29, 1.82) is 0 Å². The fraction of sp³-hybridized carbons (Fsp3) is 0.500. The molecule has 1 aromatic carbocycles. The lowest BCUT2D eigenvalue weighted by Crippen LogP contribution is -2.59. The number of hydrogen-bond donors (Lipinski definition) is 4. The molecule has 4 N–H and O–H groups in total. The largest absolute Gasteiger partial charge is 0.459 e. The van der Waals surface area contributed by atoms with Crippen LogP contribution in [0.2, 0.25) is 0 Å². The van der Waals surface area contributed by atoms with E-state index in [9.17, 15) is 24.9 Å². The monoisotopic (exact) mass is 355 g/mol. The molecule has 0 saturated carbocycles. The number of carbonyl (C=O) groups excluding carboxylic acids is 2. The Balaban J connectivity index is 2.03. The van der Waals surface area contributed by atoms with Crippen LogP contribution in [0.3, 0.4) is 0 Å². The molecule has 0 unspecified atom stereocenters. The van der Waals surface area contributed by atoms with E-state index in [-0.39, 0.29) is 23.8 Å². The maximum atomic E-state index is 12.2. The molecule has 0 bridgehead atoms. The van der Waals surface area contributed by atoms with Crippen molar-refractivity contribution in [1.82, 2.24) is 0 Å². The summed E-state index contributed by atoms with van der Waals surface area (Å²) in [6.45, 7) is 0.934. The quantitative estimate of drug-likeness (QED) is 0.507. The number of aliphatic hydroxyl groups excluding tert-OH is 3. The summed E-state index contributed by atoms with van der Waals surface area (Å²) < 4.78 is 15.3. The van der Waals surface area contributed by atoms with Crippen LogP contribution in [0.1, 0.15) is 17.3 Å². The van der Waals surface area contributed by atoms with Crippen molar-refractivity contribution in [2.45, 2.75) is 37.6 Å². The van der Waals surface area contributed by atoms with Crippen molar-refractivity contribution < 1.29 is 39.1 Å². The summed E-state index contributed by atoms with van der Waals surface area (Å²) >= 11 is 0. The molecular formula is C16H21NO8. The van der Waals surface area contributed by atoms with Crippen LogP contribution in [-0.4, -0.2) is 71.6 Å². The van der Waals surface area contributed by atoms with E-state index in [1.807, 2.05) is 0 Å². The van der Waals surface area contributed by atoms with Gasteiger partial charge >= 0.3 is 5.97 Å².